The summed E-state index contributed by atoms with van der Waals surface area (Å²) in [7, 11) is 0. The third-order valence-corrected chi connectivity index (χ3v) is 4.44. The Morgan fingerprint density at radius 2 is 2.16 bits per heavy atom. The maximum Gasteiger partial charge on any atom is 0.293 e. The Morgan fingerprint density at radius 3 is 2.79 bits per heavy atom. The van der Waals surface area contributed by atoms with Gasteiger partial charge in [0.05, 0.1) is 6.61 Å². The van der Waals surface area contributed by atoms with Crippen LogP contribution in [-0.4, -0.2) is 27.8 Å². The van der Waals surface area contributed by atoms with Crippen LogP contribution in [0.15, 0.2) is 17.2 Å². The van der Waals surface area contributed by atoms with Crippen LogP contribution in [0.3, 0.4) is 0 Å². The van der Waals surface area contributed by atoms with E-state index in [9.17, 15) is 9.90 Å². The highest BCUT2D eigenvalue weighted by molar-refractivity contribution is 5.31. The fraction of sp³-hybridized carbons (Fsp3) is 0.714. The van der Waals surface area contributed by atoms with Crippen molar-refractivity contribution in [3.8, 4) is 0 Å². The first-order chi connectivity index (χ1) is 9.24. The van der Waals surface area contributed by atoms with E-state index in [1.54, 1.807) is 17.0 Å². The van der Waals surface area contributed by atoms with Crippen molar-refractivity contribution in [2.45, 2.75) is 44.6 Å². The molecule has 2 N–H and O–H groups in total. The van der Waals surface area contributed by atoms with Crippen molar-refractivity contribution in [2.75, 3.05) is 18.5 Å². The molecule has 0 aromatic carbocycles. The number of hydrogen-bond acceptors (Lipinski definition) is 4. The summed E-state index contributed by atoms with van der Waals surface area (Å²) in [6.45, 7) is 0.823. The standard InChI is InChI=1S/C14H21N3O2/c18-10-14(5-1-2-6-14)9-16-12-13(19)17(8-7-15-12)11-3-4-11/h7-8,11,18H,1-6,9-10H2,(H,15,16). The quantitative estimate of drug-likeness (QED) is 0.845. The molecule has 2 aliphatic rings. The van der Waals surface area contributed by atoms with Gasteiger partial charge in [-0.25, -0.2) is 4.98 Å². The minimum atomic E-state index is -0.0611. The SMILES string of the molecule is O=c1c(NCC2(CO)CCCC2)nccn1C1CC1. The zero-order valence-corrected chi connectivity index (χ0v) is 11.1. The van der Waals surface area contributed by atoms with Crippen LogP contribution >= 0.6 is 0 Å². The predicted octanol–water partition coefficient (Wildman–Crippen LogP) is 1.54. The Balaban J connectivity index is 1.73. The molecular formula is C14H21N3O2. The number of anilines is 1. The predicted molar refractivity (Wildman–Crippen MR) is 73.2 cm³/mol. The first-order valence-electron chi connectivity index (χ1n) is 7.16. The normalized spacial score (nSPS) is 21.5. The third-order valence-electron chi connectivity index (χ3n) is 4.44. The maximum absolute atomic E-state index is 12.2. The second kappa shape index (κ2) is 4.96. The minimum Gasteiger partial charge on any atom is -0.396 e. The second-order valence-corrected chi connectivity index (χ2v) is 5.94. The lowest BCUT2D eigenvalue weighted by atomic mass is 9.87. The van der Waals surface area contributed by atoms with Crippen molar-refractivity contribution < 1.29 is 5.11 Å². The summed E-state index contributed by atoms with van der Waals surface area (Å²) in [4.78, 5) is 16.4. The van der Waals surface area contributed by atoms with E-state index in [0.717, 1.165) is 38.5 Å². The molecule has 0 amide bonds. The molecule has 3 rings (SSSR count). The van der Waals surface area contributed by atoms with Gasteiger partial charge in [-0.15, -0.1) is 0 Å². The molecule has 0 spiro atoms. The summed E-state index contributed by atoms with van der Waals surface area (Å²) in [5.41, 5.74) is -0.0925. The Kier molecular flexibility index (Phi) is 3.31. The molecule has 1 aromatic heterocycles. The highest BCUT2D eigenvalue weighted by Gasteiger charge is 2.33. The Labute approximate surface area is 112 Å². The van der Waals surface area contributed by atoms with Crippen molar-refractivity contribution in [2.24, 2.45) is 5.41 Å². The van der Waals surface area contributed by atoms with Gasteiger partial charge in [0.25, 0.3) is 5.56 Å². The highest BCUT2D eigenvalue weighted by Crippen LogP contribution is 2.37. The number of aliphatic hydroxyl groups is 1. The minimum absolute atomic E-state index is 0.0314. The Hall–Kier alpha value is -1.36. The lowest BCUT2D eigenvalue weighted by molar-refractivity contribution is 0.142. The van der Waals surface area contributed by atoms with Crippen molar-refractivity contribution in [1.82, 2.24) is 9.55 Å². The summed E-state index contributed by atoms with van der Waals surface area (Å²) >= 11 is 0. The lowest BCUT2D eigenvalue weighted by Gasteiger charge is -2.26. The molecule has 104 valence electrons. The van der Waals surface area contributed by atoms with Gasteiger partial charge in [0.2, 0.25) is 0 Å². The first kappa shape index (κ1) is 12.7. The topological polar surface area (TPSA) is 67.2 Å². The van der Waals surface area contributed by atoms with Crippen molar-refractivity contribution in [3.63, 3.8) is 0 Å². The zero-order valence-electron chi connectivity index (χ0n) is 11.1. The van der Waals surface area contributed by atoms with Gasteiger partial charge in [-0.2, -0.15) is 0 Å². The number of hydrogen-bond donors (Lipinski definition) is 2. The summed E-state index contributed by atoms with van der Waals surface area (Å²) < 4.78 is 1.77. The highest BCUT2D eigenvalue weighted by atomic mass is 16.3. The van der Waals surface area contributed by atoms with E-state index in [2.05, 4.69) is 10.3 Å². The fourth-order valence-corrected chi connectivity index (χ4v) is 2.97. The van der Waals surface area contributed by atoms with Gasteiger partial charge in [-0.3, -0.25) is 4.79 Å². The molecule has 5 heteroatoms. The number of nitrogens with one attached hydrogen (secondary N) is 1. The summed E-state index contributed by atoms with van der Waals surface area (Å²) in [6.07, 6.45) is 10.0. The Bertz CT molecular complexity index is 502. The van der Waals surface area contributed by atoms with Crippen LogP contribution in [0.4, 0.5) is 5.82 Å². The van der Waals surface area contributed by atoms with Gasteiger partial charge < -0.3 is 15.0 Å². The average molecular weight is 263 g/mol. The monoisotopic (exact) mass is 263 g/mol. The molecule has 19 heavy (non-hydrogen) atoms. The molecular weight excluding hydrogens is 242 g/mol. The number of aromatic nitrogens is 2. The van der Waals surface area contributed by atoms with Crippen LogP contribution < -0.4 is 10.9 Å². The number of rotatable bonds is 5. The molecule has 1 heterocycles. The van der Waals surface area contributed by atoms with Crippen molar-refractivity contribution in [1.29, 1.82) is 0 Å². The van der Waals surface area contributed by atoms with Crippen LogP contribution in [0, 0.1) is 5.41 Å². The van der Waals surface area contributed by atoms with Gasteiger partial charge in [-0.05, 0) is 25.7 Å². The fourth-order valence-electron chi connectivity index (χ4n) is 2.97. The largest absolute Gasteiger partial charge is 0.396 e. The van der Waals surface area contributed by atoms with E-state index >= 15 is 0 Å². The van der Waals surface area contributed by atoms with Gasteiger partial charge in [0.15, 0.2) is 5.82 Å². The van der Waals surface area contributed by atoms with Crippen molar-refractivity contribution >= 4 is 5.82 Å². The molecule has 0 saturated heterocycles. The molecule has 0 bridgehead atoms. The van der Waals surface area contributed by atoms with E-state index in [1.807, 2.05) is 0 Å². The van der Waals surface area contributed by atoms with Crippen molar-refractivity contribution in [3.05, 3.63) is 22.7 Å². The van der Waals surface area contributed by atoms with Crippen LogP contribution in [0.25, 0.3) is 0 Å². The molecule has 2 fully saturated rings. The van der Waals surface area contributed by atoms with Gasteiger partial charge in [0, 0.05) is 30.4 Å². The molecule has 0 radical (unpaired) electrons. The van der Waals surface area contributed by atoms with E-state index in [0.29, 0.717) is 18.4 Å². The smallest absolute Gasteiger partial charge is 0.293 e. The average Bonchev–Trinajstić information content (AvgIpc) is 3.16. The molecule has 1 aromatic rings. The molecule has 0 aliphatic heterocycles. The van der Waals surface area contributed by atoms with Crippen LogP contribution in [-0.2, 0) is 0 Å². The third kappa shape index (κ3) is 2.52. The number of aliphatic hydroxyl groups excluding tert-OH is 1. The van der Waals surface area contributed by atoms with Crippen LogP contribution in [0.1, 0.15) is 44.6 Å². The van der Waals surface area contributed by atoms with E-state index in [4.69, 9.17) is 0 Å². The Morgan fingerprint density at radius 1 is 1.42 bits per heavy atom. The van der Waals surface area contributed by atoms with Gasteiger partial charge in [-0.1, -0.05) is 12.8 Å². The summed E-state index contributed by atoms with van der Waals surface area (Å²) in [6, 6.07) is 0.370. The molecule has 5 nitrogen and oxygen atoms in total. The maximum atomic E-state index is 12.2. The molecule has 2 saturated carbocycles. The zero-order chi connectivity index (χ0) is 13.3. The van der Waals surface area contributed by atoms with Crippen LogP contribution in [0.5, 0.6) is 0 Å². The first-order valence-corrected chi connectivity index (χ1v) is 7.16. The summed E-state index contributed by atoms with van der Waals surface area (Å²) in [5.74, 6) is 0.425. The van der Waals surface area contributed by atoms with Gasteiger partial charge in [0.1, 0.15) is 0 Å². The lowest BCUT2D eigenvalue weighted by Crippen LogP contribution is -2.33. The molecule has 0 unspecified atom stereocenters. The molecule has 2 aliphatic carbocycles. The van der Waals surface area contributed by atoms with Gasteiger partial charge >= 0.3 is 0 Å². The van der Waals surface area contributed by atoms with E-state index < -0.39 is 0 Å². The van der Waals surface area contributed by atoms with E-state index in [1.165, 1.54) is 0 Å². The molecule has 0 atom stereocenters. The second-order valence-electron chi connectivity index (χ2n) is 5.94. The van der Waals surface area contributed by atoms with E-state index in [-0.39, 0.29) is 17.6 Å². The van der Waals surface area contributed by atoms with Crippen LogP contribution in [0.2, 0.25) is 0 Å². The summed E-state index contributed by atoms with van der Waals surface area (Å²) in [5, 5.41) is 12.7. The number of nitrogens with zero attached hydrogens (tertiary/aromatic N) is 2.